The van der Waals surface area contributed by atoms with E-state index in [-0.39, 0.29) is 0 Å². The van der Waals surface area contributed by atoms with E-state index in [0.29, 0.717) is 5.54 Å². The molecule has 0 radical (unpaired) electrons. The minimum atomic E-state index is 0.316. The van der Waals surface area contributed by atoms with E-state index in [1.54, 1.807) is 0 Å². The van der Waals surface area contributed by atoms with Crippen LogP contribution < -0.4 is 5.32 Å². The highest BCUT2D eigenvalue weighted by molar-refractivity contribution is 5.06. The van der Waals surface area contributed by atoms with E-state index in [2.05, 4.69) is 22.3 Å². The van der Waals surface area contributed by atoms with Crippen LogP contribution in [-0.4, -0.2) is 35.2 Å². The maximum Gasteiger partial charge on any atom is 0.133 e. The van der Waals surface area contributed by atoms with E-state index in [0.717, 1.165) is 43.6 Å². The summed E-state index contributed by atoms with van der Waals surface area (Å²) in [7, 11) is 0. The number of piperazine rings is 1. The Morgan fingerprint density at radius 1 is 1.59 bits per heavy atom. The van der Waals surface area contributed by atoms with Crippen LogP contribution in [0.2, 0.25) is 0 Å². The average Bonchev–Trinajstić information content (AvgIpc) is 3.05. The Kier molecular flexibility index (Phi) is 2.71. The number of aryl methyl sites for hydroxylation is 1. The lowest BCUT2D eigenvalue weighted by Crippen LogP contribution is -2.59. The Hall–Kier alpha value is -0.870. The largest absolute Gasteiger partial charge is 0.361 e. The van der Waals surface area contributed by atoms with Crippen molar-refractivity contribution in [3.8, 4) is 0 Å². The monoisotopic (exact) mass is 235 g/mol. The van der Waals surface area contributed by atoms with Gasteiger partial charge in [0.1, 0.15) is 5.76 Å². The molecule has 17 heavy (non-hydrogen) atoms. The van der Waals surface area contributed by atoms with Crippen LogP contribution in [0.4, 0.5) is 0 Å². The van der Waals surface area contributed by atoms with Gasteiger partial charge in [-0.1, -0.05) is 5.16 Å². The molecule has 1 aliphatic carbocycles. The van der Waals surface area contributed by atoms with Crippen LogP contribution in [0.15, 0.2) is 10.6 Å². The normalized spacial score (nSPS) is 30.7. The van der Waals surface area contributed by atoms with E-state index in [1.165, 1.54) is 12.8 Å². The van der Waals surface area contributed by atoms with Gasteiger partial charge in [0.25, 0.3) is 0 Å². The van der Waals surface area contributed by atoms with Gasteiger partial charge in [-0.2, -0.15) is 0 Å². The van der Waals surface area contributed by atoms with Crippen molar-refractivity contribution >= 4 is 0 Å². The fraction of sp³-hybridized carbons (Fsp3) is 0.769. The molecule has 1 atom stereocenters. The summed E-state index contributed by atoms with van der Waals surface area (Å²) in [6, 6.07) is 2.04. The molecule has 1 aliphatic heterocycles. The molecule has 94 valence electrons. The van der Waals surface area contributed by atoms with Gasteiger partial charge in [-0.3, -0.25) is 4.90 Å². The van der Waals surface area contributed by atoms with Gasteiger partial charge in [0, 0.05) is 37.8 Å². The van der Waals surface area contributed by atoms with Gasteiger partial charge < -0.3 is 9.84 Å². The third kappa shape index (κ3) is 2.38. The first kappa shape index (κ1) is 11.2. The molecule has 1 aromatic rings. The van der Waals surface area contributed by atoms with E-state index >= 15 is 0 Å². The fourth-order valence-electron chi connectivity index (χ4n) is 2.95. The van der Waals surface area contributed by atoms with Crippen molar-refractivity contribution in [1.29, 1.82) is 0 Å². The van der Waals surface area contributed by atoms with Gasteiger partial charge in [0.15, 0.2) is 0 Å². The molecule has 0 amide bonds. The molecule has 4 nitrogen and oxygen atoms in total. The summed E-state index contributed by atoms with van der Waals surface area (Å²) in [4.78, 5) is 2.49. The van der Waals surface area contributed by atoms with Gasteiger partial charge in [0.2, 0.25) is 0 Å². The van der Waals surface area contributed by atoms with E-state index in [1.807, 2.05) is 13.0 Å². The van der Waals surface area contributed by atoms with Crippen molar-refractivity contribution < 1.29 is 4.52 Å². The average molecular weight is 235 g/mol. The molecular formula is C13H21N3O. The minimum Gasteiger partial charge on any atom is -0.361 e. The highest BCUT2D eigenvalue weighted by Crippen LogP contribution is 2.40. The summed E-state index contributed by atoms with van der Waals surface area (Å²) in [5, 5.41) is 7.77. The Morgan fingerprint density at radius 3 is 3.06 bits per heavy atom. The summed E-state index contributed by atoms with van der Waals surface area (Å²) in [6.07, 6.45) is 2.78. The lowest BCUT2D eigenvalue weighted by Gasteiger charge is -2.41. The van der Waals surface area contributed by atoms with Gasteiger partial charge in [-0.15, -0.1) is 0 Å². The summed E-state index contributed by atoms with van der Waals surface area (Å²) in [5.74, 6) is 1.78. The zero-order valence-electron chi connectivity index (χ0n) is 10.7. The number of aromatic nitrogens is 1. The predicted molar refractivity (Wildman–Crippen MR) is 65.6 cm³/mol. The zero-order chi connectivity index (χ0) is 11.9. The maximum absolute atomic E-state index is 5.13. The van der Waals surface area contributed by atoms with E-state index in [4.69, 9.17) is 4.52 Å². The van der Waals surface area contributed by atoms with E-state index < -0.39 is 0 Å². The van der Waals surface area contributed by atoms with Crippen LogP contribution in [-0.2, 0) is 6.54 Å². The third-order valence-corrected chi connectivity index (χ3v) is 4.05. The molecule has 0 bridgehead atoms. The second kappa shape index (κ2) is 4.10. The molecule has 1 N–H and O–H groups in total. The van der Waals surface area contributed by atoms with Crippen LogP contribution in [0.3, 0.4) is 0 Å². The first-order valence-electron chi connectivity index (χ1n) is 6.55. The lowest BCUT2D eigenvalue weighted by atomic mass is 9.93. The van der Waals surface area contributed by atoms with Crippen LogP contribution >= 0.6 is 0 Å². The van der Waals surface area contributed by atoms with Crippen molar-refractivity contribution in [1.82, 2.24) is 15.4 Å². The van der Waals surface area contributed by atoms with Crippen molar-refractivity contribution in [2.24, 2.45) is 5.92 Å². The maximum atomic E-state index is 5.13. The molecule has 2 fully saturated rings. The smallest absolute Gasteiger partial charge is 0.133 e. The van der Waals surface area contributed by atoms with Crippen molar-refractivity contribution in [3.05, 3.63) is 17.5 Å². The molecule has 1 unspecified atom stereocenters. The number of nitrogens with one attached hydrogen (secondary N) is 1. The predicted octanol–water partition coefficient (Wildman–Crippen LogP) is 1.56. The van der Waals surface area contributed by atoms with Crippen LogP contribution in [0.5, 0.6) is 0 Å². The van der Waals surface area contributed by atoms with Crippen LogP contribution in [0.25, 0.3) is 0 Å². The summed E-state index contributed by atoms with van der Waals surface area (Å²) >= 11 is 0. The van der Waals surface area contributed by atoms with Gasteiger partial charge >= 0.3 is 0 Å². The highest BCUT2D eigenvalue weighted by atomic mass is 16.5. The summed E-state index contributed by atoms with van der Waals surface area (Å²) < 4.78 is 5.13. The molecule has 2 heterocycles. The number of nitrogens with zero attached hydrogens (tertiary/aromatic N) is 2. The van der Waals surface area contributed by atoms with Crippen LogP contribution in [0.1, 0.15) is 31.2 Å². The second-order valence-electron chi connectivity index (χ2n) is 5.76. The van der Waals surface area contributed by atoms with Crippen molar-refractivity contribution in [2.75, 3.05) is 19.6 Å². The Balaban J connectivity index is 1.63. The molecule has 0 spiro atoms. The first-order chi connectivity index (χ1) is 8.16. The number of rotatable bonds is 3. The van der Waals surface area contributed by atoms with Gasteiger partial charge in [0.05, 0.1) is 5.69 Å². The first-order valence-corrected chi connectivity index (χ1v) is 6.55. The molecular weight excluding hydrogens is 214 g/mol. The zero-order valence-corrected chi connectivity index (χ0v) is 10.7. The molecule has 4 heteroatoms. The lowest BCUT2D eigenvalue weighted by molar-refractivity contribution is 0.119. The molecule has 1 saturated heterocycles. The van der Waals surface area contributed by atoms with E-state index in [9.17, 15) is 0 Å². The molecule has 0 aromatic carbocycles. The Bertz CT molecular complexity index is 399. The molecule has 2 aliphatic rings. The van der Waals surface area contributed by atoms with Crippen molar-refractivity contribution in [3.63, 3.8) is 0 Å². The quantitative estimate of drug-likeness (QED) is 0.863. The molecule has 3 rings (SSSR count). The topological polar surface area (TPSA) is 41.3 Å². The number of hydrogen-bond donors (Lipinski definition) is 1. The Labute approximate surface area is 102 Å². The molecule has 1 saturated carbocycles. The highest BCUT2D eigenvalue weighted by Gasteiger charge is 2.43. The minimum absolute atomic E-state index is 0.316. The van der Waals surface area contributed by atoms with Crippen LogP contribution in [0, 0.1) is 12.8 Å². The van der Waals surface area contributed by atoms with Gasteiger partial charge in [-0.25, -0.2) is 0 Å². The molecule has 1 aromatic heterocycles. The summed E-state index contributed by atoms with van der Waals surface area (Å²) in [5.41, 5.74) is 1.37. The summed E-state index contributed by atoms with van der Waals surface area (Å²) in [6.45, 7) is 8.55. The standard InChI is InChI=1S/C13H21N3O/c1-10-7-12(15-17-10)8-16-6-5-14-13(2,9-16)11-3-4-11/h7,11,14H,3-6,8-9H2,1-2H3. The third-order valence-electron chi connectivity index (χ3n) is 4.05. The Morgan fingerprint density at radius 2 is 2.41 bits per heavy atom. The fourth-order valence-corrected chi connectivity index (χ4v) is 2.95. The van der Waals surface area contributed by atoms with Crippen molar-refractivity contribution in [2.45, 2.75) is 38.8 Å². The SMILES string of the molecule is Cc1cc(CN2CCNC(C)(C3CC3)C2)no1. The second-order valence-corrected chi connectivity index (χ2v) is 5.76. The van der Waals surface area contributed by atoms with Gasteiger partial charge in [-0.05, 0) is 32.6 Å². The number of hydrogen-bond acceptors (Lipinski definition) is 4.